The van der Waals surface area contributed by atoms with Crippen LogP contribution < -0.4 is 10.0 Å². The molecular weight excluding hydrogens is 250 g/mol. The molecule has 5 nitrogen and oxygen atoms in total. The van der Waals surface area contributed by atoms with Crippen LogP contribution in [0.5, 0.6) is 0 Å². The second-order valence-electron chi connectivity index (χ2n) is 5.55. The summed E-state index contributed by atoms with van der Waals surface area (Å²) in [6.07, 6.45) is 6.33. The van der Waals surface area contributed by atoms with E-state index in [1.807, 2.05) is 0 Å². The molecule has 2 heterocycles. The fourth-order valence-electron chi connectivity index (χ4n) is 3.27. The highest BCUT2D eigenvalue weighted by atomic mass is 32.2. The highest BCUT2D eigenvalue weighted by Crippen LogP contribution is 2.38. The first kappa shape index (κ1) is 12.6. The molecule has 2 atom stereocenters. The summed E-state index contributed by atoms with van der Waals surface area (Å²) in [6.45, 7) is 2.99. The summed E-state index contributed by atoms with van der Waals surface area (Å²) in [5.74, 6) is 0.602. The van der Waals surface area contributed by atoms with E-state index in [0.717, 1.165) is 38.9 Å². The summed E-state index contributed by atoms with van der Waals surface area (Å²) in [5, 5.41) is 3.22. The van der Waals surface area contributed by atoms with Crippen LogP contribution in [-0.4, -0.2) is 44.9 Å². The van der Waals surface area contributed by atoms with Crippen LogP contribution in [0.2, 0.25) is 0 Å². The van der Waals surface area contributed by atoms with Crippen LogP contribution >= 0.6 is 0 Å². The Hall–Kier alpha value is -0.430. The molecule has 2 fully saturated rings. The van der Waals surface area contributed by atoms with Crippen LogP contribution in [0.25, 0.3) is 0 Å². The van der Waals surface area contributed by atoms with Gasteiger partial charge in [-0.15, -0.1) is 0 Å². The first-order chi connectivity index (χ1) is 8.65. The van der Waals surface area contributed by atoms with Crippen molar-refractivity contribution in [3.8, 4) is 0 Å². The molecular formula is C12H21N3O2S. The van der Waals surface area contributed by atoms with E-state index in [9.17, 15) is 8.42 Å². The van der Waals surface area contributed by atoms with Crippen molar-refractivity contribution in [1.82, 2.24) is 14.3 Å². The minimum Gasteiger partial charge on any atom is -0.313 e. The molecule has 3 aliphatic rings. The smallest absolute Gasteiger partial charge is 0.280 e. The number of hydrogen-bond acceptors (Lipinski definition) is 3. The van der Waals surface area contributed by atoms with Crippen molar-refractivity contribution in [2.45, 2.75) is 31.7 Å². The third-order valence-corrected chi connectivity index (χ3v) is 5.88. The number of rotatable bonds is 4. The van der Waals surface area contributed by atoms with E-state index in [0.29, 0.717) is 12.5 Å². The van der Waals surface area contributed by atoms with Crippen molar-refractivity contribution in [3.63, 3.8) is 0 Å². The van der Waals surface area contributed by atoms with E-state index in [2.05, 4.69) is 16.1 Å². The fourth-order valence-corrected chi connectivity index (χ4v) is 4.80. The largest absolute Gasteiger partial charge is 0.313 e. The Balaban J connectivity index is 1.59. The molecule has 3 rings (SSSR count). The Morgan fingerprint density at radius 3 is 2.94 bits per heavy atom. The van der Waals surface area contributed by atoms with Gasteiger partial charge in [0.05, 0.1) is 0 Å². The zero-order valence-electron chi connectivity index (χ0n) is 10.6. The lowest BCUT2D eigenvalue weighted by atomic mass is 10.1. The van der Waals surface area contributed by atoms with E-state index in [1.165, 1.54) is 12.0 Å². The van der Waals surface area contributed by atoms with Crippen LogP contribution in [-0.2, 0) is 10.2 Å². The topological polar surface area (TPSA) is 61.4 Å². The van der Waals surface area contributed by atoms with E-state index in [-0.39, 0.29) is 6.04 Å². The quantitative estimate of drug-likeness (QED) is 0.719. The molecule has 0 spiro atoms. The molecule has 0 amide bonds. The molecule has 0 aromatic carbocycles. The maximum absolute atomic E-state index is 12.2. The van der Waals surface area contributed by atoms with Gasteiger partial charge in [0.2, 0.25) is 0 Å². The van der Waals surface area contributed by atoms with Crippen molar-refractivity contribution in [1.29, 1.82) is 0 Å². The van der Waals surface area contributed by atoms with E-state index in [1.54, 1.807) is 4.31 Å². The summed E-state index contributed by atoms with van der Waals surface area (Å²) in [4.78, 5) is 0. The van der Waals surface area contributed by atoms with Crippen molar-refractivity contribution < 1.29 is 8.42 Å². The summed E-state index contributed by atoms with van der Waals surface area (Å²) in [5.41, 5.74) is 1.20. The lowest BCUT2D eigenvalue weighted by Gasteiger charge is -2.26. The number of nitrogens with one attached hydrogen (secondary N) is 2. The number of piperidine rings is 1. The molecule has 1 aliphatic carbocycles. The summed E-state index contributed by atoms with van der Waals surface area (Å²) >= 11 is 0. The van der Waals surface area contributed by atoms with Gasteiger partial charge in [-0.05, 0) is 38.1 Å². The predicted molar refractivity (Wildman–Crippen MR) is 70.3 cm³/mol. The van der Waals surface area contributed by atoms with Gasteiger partial charge in [0, 0.05) is 25.7 Å². The monoisotopic (exact) mass is 271 g/mol. The molecule has 0 aromatic heterocycles. The van der Waals surface area contributed by atoms with Gasteiger partial charge in [0.1, 0.15) is 0 Å². The Labute approximate surface area is 109 Å². The van der Waals surface area contributed by atoms with Crippen molar-refractivity contribution >= 4 is 10.2 Å². The minimum absolute atomic E-state index is 0.259. The maximum Gasteiger partial charge on any atom is 0.280 e. The molecule has 0 radical (unpaired) electrons. The first-order valence-electron chi connectivity index (χ1n) is 6.80. The summed E-state index contributed by atoms with van der Waals surface area (Å²) in [7, 11) is -3.27. The Morgan fingerprint density at radius 2 is 2.33 bits per heavy atom. The normalized spacial score (nSPS) is 32.8. The molecule has 0 aromatic rings. The Morgan fingerprint density at radius 1 is 1.44 bits per heavy atom. The van der Waals surface area contributed by atoms with Gasteiger partial charge in [-0.1, -0.05) is 11.6 Å². The zero-order chi connectivity index (χ0) is 12.6. The molecule has 6 heteroatoms. The van der Waals surface area contributed by atoms with Crippen LogP contribution in [0.15, 0.2) is 11.6 Å². The van der Waals surface area contributed by atoms with E-state index in [4.69, 9.17) is 0 Å². The van der Waals surface area contributed by atoms with Crippen LogP contribution in [0.3, 0.4) is 0 Å². The van der Waals surface area contributed by atoms with Gasteiger partial charge < -0.3 is 5.32 Å². The average molecular weight is 271 g/mol. The number of fused-ring (bicyclic) bond motifs is 2. The maximum atomic E-state index is 12.2. The lowest BCUT2D eigenvalue weighted by molar-refractivity contribution is 0.329. The third-order valence-electron chi connectivity index (χ3n) is 4.31. The Kier molecular flexibility index (Phi) is 3.44. The van der Waals surface area contributed by atoms with Gasteiger partial charge in [0.15, 0.2) is 0 Å². The van der Waals surface area contributed by atoms with Gasteiger partial charge >= 0.3 is 0 Å². The number of hydrogen-bond donors (Lipinski definition) is 2. The Bertz CT molecular complexity index is 446. The molecule has 2 N–H and O–H groups in total. The summed E-state index contributed by atoms with van der Waals surface area (Å²) < 4.78 is 28.9. The summed E-state index contributed by atoms with van der Waals surface area (Å²) in [6, 6.07) is 0.259. The van der Waals surface area contributed by atoms with Gasteiger partial charge in [-0.2, -0.15) is 17.4 Å². The van der Waals surface area contributed by atoms with Crippen LogP contribution in [0.1, 0.15) is 25.7 Å². The molecule has 2 unspecified atom stereocenters. The van der Waals surface area contributed by atoms with Crippen LogP contribution in [0.4, 0.5) is 0 Å². The molecule has 1 saturated carbocycles. The molecule has 2 bridgehead atoms. The average Bonchev–Trinajstić information content (AvgIpc) is 3.00. The highest BCUT2D eigenvalue weighted by molar-refractivity contribution is 7.87. The molecule has 1 saturated heterocycles. The van der Waals surface area contributed by atoms with Gasteiger partial charge in [-0.25, -0.2) is 0 Å². The second kappa shape index (κ2) is 4.92. The minimum atomic E-state index is -3.27. The van der Waals surface area contributed by atoms with Gasteiger partial charge in [-0.3, -0.25) is 0 Å². The third kappa shape index (κ3) is 2.47. The standard InChI is InChI=1S/C12H21N3O2S/c16-18(17,14-8-10-3-5-13-6-4-10)15-9-11-1-2-12(15)7-11/h3,11-14H,1-2,4-9H2. The predicted octanol–water partition coefficient (Wildman–Crippen LogP) is 0.225. The van der Waals surface area contributed by atoms with Gasteiger partial charge in [0.25, 0.3) is 10.2 Å². The molecule has 2 aliphatic heterocycles. The second-order valence-corrected chi connectivity index (χ2v) is 7.25. The highest BCUT2D eigenvalue weighted by Gasteiger charge is 2.43. The first-order valence-corrected chi connectivity index (χ1v) is 8.24. The number of nitrogens with zero attached hydrogens (tertiary/aromatic N) is 1. The van der Waals surface area contributed by atoms with E-state index < -0.39 is 10.2 Å². The lowest BCUT2D eigenvalue weighted by Crippen LogP contribution is -2.45. The molecule has 18 heavy (non-hydrogen) atoms. The fraction of sp³-hybridized carbons (Fsp3) is 0.833. The van der Waals surface area contributed by atoms with Crippen molar-refractivity contribution in [2.75, 3.05) is 26.2 Å². The van der Waals surface area contributed by atoms with E-state index >= 15 is 0 Å². The van der Waals surface area contributed by atoms with Crippen LogP contribution in [0, 0.1) is 5.92 Å². The molecule has 102 valence electrons. The SMILES string of the molecule is O=S(=O)(NCC1=CCNCC1)N1CC2CCC1C2. The zero-order valence-corrected chi connectivity index (χ0v) is 11.4. The van der Waals surface area contributed by atoms with Crippen molar-refractivity contribution in [3.05, 3.63) is 11.6 Å². The van der Waals surface area contributed by atoms with Crippen molar-refractivity contribution in [2.24, 2.45) is 5.92 Å².